The number of amides is 1. The molecule has 1 amide bonds. The first-order chi connectivity index (χ1) is 17.8. The maximum absolute atomic E-state index is 13.9. The average Bonchev–Trinajstić information content (AvgIpc) is 3.18. The summed E-state index contributed by atoms with van der Waals surface area (Å²) < 4.78 is 16.8. The number of nitrogens with zero attached hydrogens (tertiary/aromatic N) is 1. The molecule has 0 radical (unpaired) electrons. The zero-order valence-corrected chi connectivity index (χ0v) is 21.2. The monoisotopic (exact) mass is 497 g/mol. The molecule has 2 heterocycles. The maximum atomic E-state index is 13.9. The summed E-state index contributed by atoms with van der Waals surface area (Å²) in [5, 5.41) is 0.435. The van der Waals surface area contributed by atoms with Crippen LogP contribution in [-0.2, 0) is 4.74 Å². The van der Waals surface area contributed by atoms with Gasteiger partial charge in [0.25, 0.3) is 5.91 Å². The molecule has 1 atom stereocenters. The number of benzene rings is 3. The van der Waals surface area contributed by atoms with Crippen LogP contribution >= 0.6 is 0 Å². The van der Waals surface area contributed by atoms with E-state index in [9.17, 15) is 14.4 Å². The zero-order chi connectivity index (χ0) is 26.3. The van der Waals surface area contributed by atoms with Crippen LogP contribution in [0.15, 0.2) is 69.9 Å². The Bertz CT molecular complexity index is 1570. The molecule has 1 aliphatic rings. The number of carbonyl (C=O) groups is 2. The van der Waals surface area contributed by atoms with Gasteiger partial charge in [-0.25, -0.2) is 4.79 Å². The Kier molecular flexibility index (Phi) is 6.29. The molecular formula is C30H27NO6. The largest absolute Gasteiger partial charge is 0.494 e. The number of esters is 1. The maximum Gasteiger partial charge on any atom is 0.338 e. The second-order valence-corrected chi connectivity index (χ2v) is 8.95. The van der Waals surface area contributed by atoms with Gasteiger partial charge in [-0.2, -0.15) is 0 Å². The Morgan fingerprint density at radius 2 is 1.59 bits per heavy atom. The highest BCUT2D eigenvalue weighted by Crippen LogP contribution is 2.41. The van der Waals surface area contributed by atoms with Crippen molar-refractivity contribution in [2.24, 2.45) is 0 Å². The lowest BCUT2D eigenvalue weighted by atomic mass is 9.97. The first-order valence-electron chi connectivity index (χ1n) is 12.3. The number of rotatable bonds is 6. The number of hydrogen-bond donors (Lipinski definition) is 0. The summed E-state index contributed by atoms with van der Waals surface area (Å²) in [4.78, 5) is 41.3. The minimum absolute atomic E-state index is 0.0223. The lowest BCUT2D eigenvalue weighted by Gasteiger charge is -2.25. The van der Waals surface area contributed by atoms with Gasteiger partial charge in [0.15, 0.2) is 5.43 Å². The highest BCUT2D eigenvalue weighted by Gasteiger charge is 2.43. The average molecular weight is 498 g/mol. The van der Waals surface area contributed by atoms with Gasteiger partial charge in [0.1, 0.15) is 11.3 Å². The lowest BCUT2D eigenvalue weighted by Crippen LogP contribution is -2.29. The summed E-state index contributed by atoms with van der Waals surface area (Å²) in [5.74, 6) is -0.149. The smallest absolute Gasteiger partial charge is 0.338 e. The molecule has 7 heteroatoms. The molecule has 3 aromatic carbocycles. The van der Waals surface area contributed by atoms with Crippen molar-refractivity contribution in [3.63, 3.8) is 0 Å². The SMILES string of the molecule is CCOC(=O)c1ccc(N2C(=O)c3oc4cc(C)c(C)cc4c(=O)c3C2c2ccc(OCC)cc2)cc1. The van der Waals surface area contributed by atoms with Gasteiger partial charge >= 0.3 is 5.97 Å². The van der Waals surface area contributed by atoms with Gasteiger partial charge in [0.2, 0.25) is 5.76 Å². The van der Waals surface area contributed by atoms with Crippen molar-refractivity contribution in [2.75, 3.05) is 18.1 Å². The van der Waals surface area contributed by atoms with Crippen LogP contribution in [0.25, 0.3) is 11.0 Å². The van der Waals surface area contributed by atoms with E-state index in [0.29, 0.717) is 40.1 Å². The first kappa shape index (κ1) is 24.3. The Labute approximate surface area is 214 Å². The van der Waals surface area contributed by atoms with Crippen molar-refractivity contribution in [3.05, 3.63) is 104 Å². The van der Waals surface area contributed by atoms with E-state index in [4.69, 9.17) is 13.9 Å². The number of carbonyl (C=O) groups excluding carboxylic acids is 2. The second kappa shape index (κ2) is 9.58. The fourth-order valence-corrected chi connectivity index (χ4v) is 4.70. The van der Waals surface area contributed by atoms with Crippen molar-refractivity contribution < 1.29 is 23.5 Å². The molecule has 0 bridgehead atoms. The van der Waals surface area contributed by atoms with Gasteiger partial charge in [-0.15, -0.1) is 0 Å². The minimum atomic E-state index is -0.714. The molecule has 0 saturated carbocycles. The van der Waals surface area contributed by atoms with Crippen molar-refractivity contribution in [1.82, 2.24) is 0 Å². The molecule has 7 nitrogen and oxygen atoms in total. The number of ether oxygens (including phenoxy) is 2. The summed E-state index contributed by atoms with van der Waals surface area (Å²) in [6.07, 6.45) is 0. The molecule has 0 fully saturated rings. The molecule has 1 aliphatic heterocycles. The summed E-state index contributed by atoms with van der Waals surface area (Å²) in [5.41, 5.74) is 4.00. The summed E-state index contributed by atoms with van der Waals surface area (Å²) >= 11 is 0. The van der Waals surface area contributed by atoms with Crippen molar-refractivity contribution in [3.8, 4) is 5.75 Å². The number of anilines is 1. The fourth-order valence-electron chi connectivity index (χ4n) is 4.70. The Hall–Kier alpha value is -4.39. The van der Waals surface area contributed by atoms with Crippen LogP contribution in [0, 0.1) is 13.8 Å². The van der Waals surface area contributed by atoms with Crippen LogP contribution in [0.4, 0.5) is 5.69 Å². The van der Waals surface area contributed by atoms with Gasteiger partial charge < -0.3 is 13.9 Å². The third kappa shape index (κ3) is 4.16. The lowest BCUT2D eigenvalue weighted by molar-refractivity contribution is 0.0526. The van der Waals surface area contributed by atoms with Crippen molar-refractivity contribution >= 4 is 28.5 Å². The van der Waals surface area contributed by atoms with Crippen molar-refractivity contribution in [2.45, 2.75) is 33.7 Å². The molecule has 0 N–H and O–H groups in total. The third-order valence-electron chi connectivity index (χ3n) is 6.65. The Morgan fingerprint density at radius 1 is 0.919 bits per heavy atom. The molecule has 0 saturated heterocycles. The van der Waals surface area contributed by atoms with Crippen LogP contribution in [0.5, 0.6) is 5.75 Å². The quantitative estimate of drug-likeness (QED) is 0.316. The Balaban J connectivity index is 1.69. The highest BCUT2D eigenvalue weighted by atomic mass is 16.5. The first-order valence-corrected chi connectivity index (χ1v) is 12.3. The normalized spacial score (nSPS) is 14.6. The van der Waals surface area contributed by atoms with E-state index in [1.807, 2.05) is 51.1 Å². The molecule has 4 aromatic rings. The fraction of sp³-hybridized carbons (Fsp3) is 0.233. The molecular weight excluding hydrogens is 470 g/mol. The minimum Gasteiger partial charge on any atom is -0.494 e. The predicted molar refractivity (Wildman–Crippen MR) is 141 cm³/mol. The number of hydrogen-bond acceptors (Lipinski definition) is 6. The number of aryl methyl sites for hydroxylation is 2. The van der Waals surface area contributed by atoms with E-state index >= 15 is 0 Å². The van der Waals surface area contributed by atoms with Crippen LogP contribution < -0.4 is 15.1 Å². The van der Waals surface area contributed by atoms with E-state index in [0.717, 1.165) is 16.7 Å². The standard InChI is InChI=1S/C30H27NO6/c1-5-35-22-13-9-19(10-14-22)26-25-27(32)23-15-17(3)18(4)16-24(23)37-28(25)29(33)31(26)21-11-7-20(8-12-21)30(34)36-6-2/h7-16,26H,5-6H2,1-4H3. The van der Waals surface area contributed by atoms with Gasteiger partial charge in [0, 0.05) is 5.69 Å². The Morgan fingerprint density at radius 3 is 2.24 bits per heavy atom. The molecule has 1 unspecified atom stereocenters. The molecule has 0 spiro atoms. The molecule has 1 aromatic heterocycles. The topological polar surface area (TPSA) is 86.0 Å². The zero-order valence-electron chi connectivity index (χ0n) is 21.2. The van der Waals surface area contributed by atoms with E-state index in [-0.39, 0.29) is 17.8 Å². The van der Waals surface area contributed by atoms with Gasteiger partial charge in [0.05, 0.1) is 35.8 Å². The van der Waals surface area contributed by atoms with Crippen LogP contribution in [0.2, 0.25) is 0 Å². The molecule has 5 rings (SSSR count). The van der Waals surface area contributed by atoms with E-state index < -0.39 is 17.9 Å². The third-order valence-corrected chi connectivity index (χ3v) is 6.65. The van der Waals surface area contributed by atoms with Gasteiger partial charge in [-0.1, -0.05) is 12.1 Å². The van der Waals surface area contributed by atoms with Gasteiger partial charge in [-0.05, 0) is 92.9 Å². The van der Waals surface area contributed by atoms with E-state index in [2.05, 4.69) is 0 Å². The summed E-state index contributed by atoms with van der Waals surface area (Å²) in [6.45, 7) is 8.31. The molecule has 188 valence electrons. The van der Waals surface area contributed by atoms with Crippen molar-refractivity contribution in [1.29, 1.82) is 0 Å². The van der Waals surface area contributed by atoms with Crippen LogP contribution in [-0.4, -0.2) is 25.1 Å². The van der Waals surface area contributed by atoms with E-state index in [1.165, 1.54) is 0 Å². The molecule has 37 heavy (non-hydrogen) atoms. The summed E-state index contributed by atoms with van der Waals surface area (Å²) in [7, 11) is 0. The second-order valence-electron chi connectivity index (χ2n) is 8.95. The molecule has 0 aliphatic carbocycles. The highest BCUT2D eigenvalue weighted by molar-refractivity contribution is 6.10. The number of fused-ring (bicyclic) bond motifs is 2. The van der Waals surface area contributed by atoms with Crippen LogP contribution in [0.1, 0.15) is 63.1 Å². The van der Waals surface area contributed by atoms with Crippen LogP contribution in [0.3, 0.4) is 0 Å². The van der Waals surface area contributed by atoms with Gasteiger partial charge in [-0.3, -0.25) is 14.5 Å². The van der Waals surface area contributed by atoms with E-state index in [1.54, 1.807) is 42.2 Å². The predicted octanol–water partition coefficient (Wildman–Crippen LogP) is 5.74. The summed E-state index contributed by atoms with van der Waals surface area (Å²) in [6, 6.07) is 16.8.